The molecule has 3 aromatic rings. The van der Waals surface area contributed by atoms with Gasteiger partial charge in [-0.25, -0.2) is 17.6 Å². The first-order valence-corrected chi connectivity index (χ1v) is 15.3. The Balaban J connectivity index is 1.60. The highest BCUT2D eigenvalue weighted by Gasteiger charge is 2.33. The molecule has 0 spiro atoms. The summed E-state index contributed by atoms with van der Waals surface area (Å²) in [7, 11) is -2.25. The summed E-state index contributed by atoms with van der Waals surface area (Å²) in [4.78, 5) is 27.5. The number of ether oxygens (including phenoxy) is 1. The van der Waals surface area contributed by atoms with Gasteiger partial charge in [0.25, 0.3) is 10.0 Å². The van der Waals surface area contributed by atoms with Gasteiger partial charge in [0.15, 0.2) is 0 Å². The number of rotatable bonds is 8. The van der Waals surface area contributed by atoms with Crippen LogP contribution in [0.1, 0.15) is 19.4 Å². The molecule has 3 N–H and O–H groups in total. The summed E-state index contributed by atoms with van der Waals surface area (Å²) in [5.41, 5.74) is 1.28. The Kier molecular flexibility index (Phi) is 9.64. The van der Waals surface area contributed by atoms with E-state index in [9.17, 15) is 27.5 Å². The van der Waals surface area contributed by atoms with Crippen molar-refractivity contribution in [3.05, 3.63) is 71.4 Å². The van der Waals surface area contributed by atoms with Crippen molar-refractivity contribution in [1.29, 1.82) is 0 Å². The summed E-state index contributed by atoms with van der Waals surface area (Å²) in [6.07, 6.45) is -0.689. The third-order valence-electron chi connectivity index (χ3n) is 6.87. The van der Waals surface area contributed by atoms with E-state index in [0.29, 0.717) is 22.7 Å². The number of carbonyl (C=O) groups excluding carboxylic acids is 2. The predicted molar refractivity (Wildman–Crippen MR) is 155 cm³/mol. The van der Waals surface area contributed by atoms with E-state index in [0.717, 1.165) is 11.3 Å². The first kappa shape index (κ1) is 30.4. The van der Waals surface area contributed by atoms with Gasteiger partial charge < -0.3 is 25.4 Å². The third kappa shape index (κ3) is 7.41. The van der Waals surface area contributed by atoms with Crippen LogP contribution in [0.4, 0.5) is 20.6 Å². The lowest BCUT2D eigenvalue weighted by Gasteiger charge is -2.33. The molecule has 0 saturated carbocycles. The van der Waals surface area contributed by atoms with Crippen molar-refractivity contribution in [3.8, 4) is 5.75 Å². The van der Waals surface area contributed by atoms with E-state index in [1.807, 2.05) is 6.92 Å². The Hall–Kier alpha value is -3.52. The van der Waals surface area contributed by atoms with Crippen LogP contribution in [0.3, 0.4) is 0 Å². The lowest BCUT2D eigenvalue weighted by Crippen LogP contribution is -2.48. The van der Waals surface area contributed by atoms with Crippen molar-refractivity contribution in [2.75, 3.05) is 37.4 Å². The maximum absolute atomic E-state index is 13.4. The molecule has 4 rings (SSSR count). The SMILES string of the molecule is C[C@H](CO)N1C[C@H](C)[C@@H](CN(C)S(=O)(=O)c2cccs2)Oc2ccc(NC(=O)Nc3ccc(F)cc3)cc2CC1=O. The number of nitrogens with one attached hydrogen (secondary N) is 2. The van der Waals surface area contributed by atoms with Crippen molar-refractivity contribution >= 4 is 44.7 Å². The normalized spacial score (nSPS) is 18.5. The van der Waals surface area contributed by atoms with Gasteiger partial charge in [0.05, 0.1) is 25.6 Å². The molecule has 220 valence electrons. The van der Waals surface area contributed by atoms with Gasteiger partial charge in [-0.15, -0.1) is 11.3 Å². The van der Waals surface area contributed by atoms with E-state index in [1.54, 1.807) is 47.5 Å². The smallest absolute Gasteiger partial charge is 0.323 e. The molecule has 1 aromatic heterocycles. The topological polar surface area (TPSA) is 128 Å². The molecule has 0 radical (unpaired) electrons. The van der Waals surface area contributed by atoms with Crippen LogP contribution in [0.2, 0.25) is 0 Å². The first-order valence-electron chi connectivity index (χ1n) is 13.0. The van der Waals surface area contributed by atoms with Crippen LogP contribution in [-0.2, 0) is 21.2 Å². The van der Waals surface area contributed by atoms with Crippen LogP contribution in [0.25, 0.3) is 0 Å². The summed E-state index contributed by atoms with van der Waals surface area (Å²) in [5, 5.41) is 16.9. The predicted octanol–water partition coefficient (Wildman–Crippen LogP) is 4.00. The Morgan fingerprint density at radius 2 is 1.88 bits per heavy atom. The Morgan fingerprint density at radius 1 is 1.20 bits per heavy atom. The van der Waals surface area contributed by atoms with Crippen LogP contribution in [0, 0.1) is 11.7 Å². The van der Waals surface area contributed by atoms with Crippen molar-refractivity contribution in [2.45, 2.75) is 36.6 Å². The molecule has 0 unspecified atom stereocenters. The minimum atomic E-state index is -3.74. The van der Waals surface area contributed by atoms with E-state index < -0.39 is 34.0 Å². The number of thiophene rings is 1. The second-order valence-electron chi connectivity index (χ2n) is 10.0. The molecule has 41 heavy (non-hydrogen) atoms. The summed E-state index contributed by atoms with van der Waals surface area (Å²) < 4.78 is 47.3. The number of benzene rings is 2. The number of hydrogen-bond acceptors (Lipinski definition) is 7. The quantitative estimate of drug-likeness (QED) is 0.357. The molecular formula is C28H33FN4O6S2. The monoisotopic (exact) mass is 604 g/mol. The number of aliphatic hydroxyl groups is 1. The number of hydrogen-bond donors (Lipinski definition) is 3. The number of anilines is 2. The van der Waals surface area contributed by atoms with E-state index in [4.69, 9.17) is 4.74 Å². The Morgan fingerprint density at radius 3 is 2.54 bits per heavy atom. The van der Waals surface area contributed by atoms with Gasteiger partial charge >= 0.3 is 6.03 Å². The minimum absolute atomic E-state index is 0.0243. The van der Waals surface area contributed by atoms with Crippen molar-refractivity contribution in [1.82, 2.24) is 9.21 Å². The van der Waals surface area contributed by atoms with E-state index in [-0.39, 0.29) is 42.2 Å². The molecule has 0 fully saturated rings. The van der Waals surface area contributed by atoms with Gasteiger partial charge in [0.2, 0.25) is 5.91 Å². The number of nitrogens with zero attached hydrogens (tertiary/aromatic N) is 2. The first-order chi connectivity index (χ1) is 19.5. The Bertz CT molecular complexity index is 1470. The highest BCUT2D eigenvalue weighted by atomic mass is 32.2. The number of likely N-dealkylation sites (N-methyl/N-ethyl adjacent to an activating group) is 1. The average molecular weight is 605 g/mol. The number of sulfonamides is 1. The van der Waals surface area contributed by atoms with Crippen LogP contribution in [0.5, 0.6) is 5.75 Å². The van der Waals surface area contributed by atoms with Crippen molar-refractivity contribution in [2.24, 2.45) is 5.92 Å². The van der Waals surface area contributed by atoms with Gasteiger partial charge in [-0.2, -0.15) is 4.31 Å². The molecule has 2 heterocycles. The summed E-state index contributed by atoms with van der Waals surface area (Å²) in [6, 6.07) is 12.4. The zero-order chi connectivity index (χ0) is 29.7. The van der Waals surface area contributed by atoms with Gasteiger partial charge in [0, 0.05) is 36.4 Å². The molecule has 3 amide bonds. The van der Waals surface area contributed by atoms with Crippen molar-refractivity contribution < 1.29 is 32.2 Å². The van der Waals surface area contributed by atoms with Gasteiger partial charge in [-0.05, 0) is 60.8 Å². The number of halogens is 1. The fourth-order valence-electron chi connectivity index (χ4n) is 4.47. The third-order valence-corrected chi connectivity index (χ3v) is 10.1. The van der Waals surface area contributed by atoms with Crippen LogP contribution in [0.15, 0.2) is 64.2 Å². The van der Waals surface area contributed by atoms with Crippen LogP contribution < -0.4 is 15.4 Å². The van der Waals surface area contributed by atoms with E-state index in [2.05, 4.69) is 10.6 Å². The van der Waals surface area contributed by atoms with Gasteiger partial charge in [-0.3, -0.25) is 4.79 Å². The molecule has 3 atom stereocenters. The number of urea groups is 1. The van der Waals surface area contributed by atoms with E-state index in [1.165, 1.54) is 35.6 Å². The Labute approximate surface area is 242 Å². The minimum Gasteiger partial charge on any atom is -0.488 e. The van der Waals surface area contributed by atoms with Crippen LogP contribution >= 0.6 is 11.3 Å². The molecule has 1 aliphatic heterocycles. The fourth-order valence-corrected chi connectivity index (χ4v) is 6.85. The lowest BCUT2D eigenvalue weighted by atomic mass is 10.0. The molecule has 2 aromatic carbocycles. The molecule has 10 nitrogen and oxygen atoms in total. The van der Waals surface area contributed by atoms with Gasteiger partial charge in [0.1, 0.15) is 21.9 Å². The highest BCUT2D eigenvalue weighted by Crippen LogP contribution is 2.30. The second kappa shape index (κ2) is 13.0. The molecular weight excluding hydrogens is 571 g/mol. The number of fused-ring (bicyclic) bond motifs is 1. The molecule has 0 aliphatic carbocycles. The number of amides is 3. The number of carbonyl (C=O) groups is 2. The standard InChI is InChI=1S/C28H33FN4O6S2/c1-18-15-33(19(2)17-34)26(35)14-20-13-23(31-28(36)30-22-8-6-21(29)7-9-22)10-11-24(20)39-25(18)16-32(3)41(37,38)27-5-4-12-40-27/h4-13,18-19,25,34H,14-17H2,1-3H3,(H2,30,31,36)/t18-,19+,25+/m0/s1. The van der Waals surface area contributed by atoms with Crippen molar-refractivity contribution in [3.63, 3.8) is 0 Å². The summed E-state index contributed by atoms with van der Waals surface area (Å²) >= 11 is 1.13. The zero-order valence-electron chi connectivity index (χ0n) is 22.9. The number of aliphatic hydroxyl groups excluding tert-OH is 1. The highest BCUT2D eigenvalue weighted by molar-refractivity contribution is 7.91. The largest absolute Gasteiger partial charge is 0.488 e. The van der Waals surface area contributed by atoms with Gasteiger partial charge in [-0.1, -0.05) is 13.0 Å². The molecule has 1 aliphatic rings. The lowest BCUT2D eigenvalue weighted by molar-refractivity contribution is -0.134. The molecule has 13 heteroatoms. The van der Waals surface area contributed by atoms with Crippen LogP contribution in [-0.4, -0.2) is 73.6 Å². The van der Waals surface area contributed by atoms with E-state index >= 15 is 0 Å². The average Bonchev–Trinajstić information content (AvgIpc) is 3.49. The zero-order valence-corrected chi connectivity index (χ0v) is 24.5. The fraction of sp³-hybridized carbons (Fsp3) is 0.357. The second-order valence-corrected chi connectivity index (χ2v) is 13.2. The maximum Gasteiger partial charge on any atom is 0.323 e. The molecule has 0 saturated heterocycles. The maximum atomic E-state index is 13.4. The molecule has 0 bridgehead atoms. The summed E-state index contributed by atoms with van der Waals surface area (Å²) in [6.45, 7) is 3.65. The summed E-state index contributed by atoms with van der Waals surface area (Å²) in [5.74, 6) is -0.568.